The molecule has 17 heavy (non-hydrogen) atoms. The number of hydrogen-bond donors (Lipinski definition) is 2. The van der Waals surface area contributed by atoms with Gasteiger partial charge in [0.25, 0.3) is 0 Å². The van der Waals surface area contributed by atoms with E-state index < -0.39 is 18.5 Å². The van der Waals surface area contributed by atoms with Crippen molar-refractivity contribution in [1.29, 1.82) is 0 Å². The lowest BCUT2D eigenvalue weighted by molar-refractivity contribution is -0.126. The molecule has 2 N–H and O–H groups in total. The highest BCUT2D eigenvalue weighted by molar-refractivity contribution is 9.12. The Labute approximate surface area is 116 Å². The van der Waals surface area contributed by atoms with E-state index in [1.54, 1.807) is 4.90 Å². The zero-order valence-corrected chi connectivity index (χ0v) is 12.1. The molecule has 0 aromatic rings. The van der Waals surface area contributed by atoms with Crippen LogP contribution in [0.3, 0.4) is 0 Å². The van der Waals surface area contributed by atoms with E-state index in [0.29, 0.717) is 30.7 Å². The van der Waals surface area contributed by atoms with Crippen LogP contribution in [0, 0.1) is 0 Å². The van der Waals surface area contributed by atoms with Gasteiger partial charge in [-0.05, 0) is 0 Å². The Morgan fingerprint density at radius 2 is 1.65 bits per heavy atom. The molecule has 1 aliphatic rings. The summed E-state index contributed by atoms with van der Waals surface area (Å²) in [6, 6.07) is 0. The van der Waals surface area contributed by atoms with Crippen LogP contribution in [0.2, 0.25) is 0 Å². The maximum Gasteiger partial charge on any atom is 0.151 e. The van der Waals surface area contributed by atoms with Crippen molar-refractivity contribution < 1.29 is 14.4 Å². The number of halogens is 2. The summed E-state index contributed by atoms with van der Waals surface area (Å²) in [5.41, 5.74) is 0. The van der Waals surface area contributed by atoms with Gasteiger partial charge in [-0.25, -0.2) is 0 Å². The van der Waals surface area contributed by atoms with Crippen molar-refractivity contribution in [3.05, 3.63) is 0 Å². The molecule has 1 saturated heterocycles. The molecular formula is C9H13Br2N3O3. The molecule has 0 saturated carbocycles. The third kappa shape index (κ3) is 3.92. The lowest BCUT2D eigenvalue weighted by Crippen LogP contribution is -2.70. The molecule has 0 aromatic heterocycles. The van der Waals surface area contributed by atoms with E-state index in [0.717, 1.165) is 0 Å². The largest absolute Gasteiger partial charge is 0.300 e. The van der Waals surface area contributed by atoms with Crippen LogP contribution in [0.5, 0.6) is 0 Å². The molecule has 3 unspecified atom stereocenters. The first kappa shape index (κ1) is 14.9. The lowest BCUT2D eigenvalue weighted by Gasteiger charge is -2.41. The molecule has 0 amide bonds. The first-order chi connectivity index (χ1) is 8.15. The summed E-state index contributed by atoms with van der Waals surface area (Å²) in [7, 11) is 0. The van der Waals surface area contributed by atoms with E-state index in [-0.39, 0.29) is 4.83 Å². The van der Waals surface area contributed by atoms with Gasteiger partial charge >= 0.3 is 0 Å². The average molecular weight is 371 g/mol. The van der Waals surface area contributed by atoms with Crippen LogP contribution >= 0.6 is 31.9 Å². The average Bonchev–Trinajstić information content (AvgIpc) is 2.38. The predicted molar refractivity (Wildman–Crippen MR) is 69.0 cm³/mol. The van der Waals surface area contributed by atoms with Gasteiger partial charge < -0.3 is 14.4 Å². The number of aldehydes is 3. The molecule has 1 aliphatic heterocycles. The number of hydrogen-bond acceptors (Lipinski definition) is 6. The summed E-state index contributed by atoms with van der Waals surface area (Å²) in [5.74, 6) is 0. The van der Waals surface area contributed by atoms with Crippen molar-refractivity contribution in [2.24, 2.45) is 0 Å². The quantitative estimate of drug-likeness (QED) is 0.471. The second-order valence-corrected chi connectivity index (χ2v) is 5.50. The summed E-state index contributed by atoms with van der Waals surface area (Å²) >= 11 is 6.72. The number of rotatable bonds is 6. The molecule has 0 radical (unpaired) electrons. The minimum Gasteiger partial charge on any atom is -0.300 e. The van der Waals surface area contributed by atoms with Crippen LogP contribution in [0.15, 0.2) is 0 Å². The minimum atomic E-state index is -0.686. The topological polar surface area (TPSA) is 78.5 Å². The summed E-state index contributed by atoms with van der Waals surface area (Å²) in [6.07, 6.45) is 0.000194. The highest BCUT2D eigenvalue weighted by Crippen LogP contribution is 2.12. The SMILES string of the molecule is O=CC1NC(C=O)N(CC(Br)CBr)C(C=O)N1. The van der Waals surface area contributed by atoms with Gasteiger partial charge in [0.2, 0.25) is 0 Å². The zero-order valence-electron chi connectivity index (χ0n) is 8.88. The Balaban J connectivity index is 2.78. The summed E-state index contributed by atoms with van der Waals surface area (Å²) < 4.78 is 0. The van der Waals surface area contributed by atoms with E-state index in [9.17, 15) is 14.4 Å². The van der Waals surface area contributed by atoms with Crippen LogP contribution < -0.4 is 10.6 Å². The smallest absolute Gasteiger partial charge is 0.151 e. The normalized spacial score (nSPS) is 31.8. The van der Waals surface area contributed by atoms with E-state index in [4.69, 9.17) is 0 Å². The van der Waals surface area contributed by atoms with Gasteiger partial charge in [0.05, 0.1) is 0 Å². The molecule has 0 spiro atoms. The Kier molecular flexibility index (Phi) is 6.42. The fourth-order valence-electron chi connectivity index (χ4n) is 1.60. The Hall–Kier alpha value is -0.150. The predicted octanol–water partition coefficient (Wildman–Crippen LogP) is -0.785. The third-order valence-electron chi connectivity index (χ3n) is 2.39. The Morgan fingerprint density at radius 1 is 1.12 bits per heavy atom. The van der Waals surface area contributed by atoms with Gasteiger partial charge in [-0.1, -0.05) is 31.9 Å². The molecule has 1 heterocycles. The van der Waals surface area contributed by atoms with E-state index in [2.05, 4.69) is 42.5 Å². The number of carbonyl (C=O) groups excluding carboxylic acids is 3. The maximum atomic E-state index is 11.0. The molecule has 0 aromatic carbocycles. The molecule has 1 rings (SSSR count). The van der Waals surface area contributed by atoms with Crippen LogP contribution in [0.25, 0.3) is 0 Å². The van der Waals surface area contributed by atoms with E-state index in [1.165, 1.54) is 0 Å². The second kappa shape index (κ2) is 7.32. The Bertz CT molecular complexity index is 275. The van der Waals surface area contributed by atoms with E-state index in [1.807, 2.05) is 0 Å². The molecule has 8 heteroatoms. The van der Waals surface area contributed by atoms with Crippen molar-refractivity contribution in [2.45, 2.75) is 23.3 Å². The van der Waals surface area contributed by atoms with Crippen LogP contribution in [0.4, 0.5) is 0 Å². The van der Waals surface area contributed by atoms with Crippen molar-refractivity contribution in [3.63, 3.8) is 0 Å². The van der Waals surface area contributed by atoms with Gasteiger partial charge in [0.1, 0.15) is 18.5 Å². The van der Waals surface area contributed by atoms with Gasteiger partial charge in [-0.2, -0.15) is 0 Å². The summed E-state index contributed by atoms with van der Waals surface area (Å²) in [5, 5.41) is 6.25. The van der Waals surface area contributed by atoms with Gasteiger partial charge in [0, 0.05) is 16.7 Å². The molecule has 6 nitrogen and oxygen atoms in total. The van der Waals surface area contributed by atoms with Crippen LogP contribution in [0.1, 0.15) is 0 Å². The molecular weight excluding hydrogens is 358 g/mol. The monoisotopic (exact) mass is 369 g/mol. The zero-order chi connectivity index (χ0) is 12.8. The highest BCUT2D eigenvalue weighted by atomic mass is 79.9. The first-order valence-corrected chi connectivity index (χ1v) is 7.03. The molecule has 1 fully saturated rings. The highest BCUT2D eigenvalue weighted by Gasteiger charge is 2.34. The van der Waals surface area contributed by atoms with E-state index >= 15 is 0 Å². The maximum absolute atomic E-state index is 11.0. The van der Waals surface area contributed by atoms with Crippen LogP contribution in [-0.4, -0.2) is 59.0 Å². The van der Waals surface area contributed by atoms with Crippen molar-refractivity contribution in [1.82, 2.24) is 15.5 Å². The first-order valence-electron chi connectivity index (χ1n) is 5.00. The lowest BCUT2D eigenvalue weighted by atomic mass is 10.2. The molecule has 0 bridgehead atoms. The standard InChI is InChI=1S/C9H13Br2N3O3/c10-1-6(11)2-14-8(4-16)12-7(3-15)13-9(14)5-17/h3-9,12-13H,1-2H2. The summed E-state index contributed by atoms with van der Waals surface area (Å²) in [6.45, 7) is 0.490. The minimum absolute atomic E-state index is 0.101. The number of alkyl halides is 2. The number of carbonyl (C=O) groups is 3. The van der Waals surface area contributed by atoms with Gasteiger partial charge in [-0.3, -0.25) is 15.5 Å². The number of nitrogens with zero attached hydrogens (tertiary/aromatic N) is 1. The third-order valence-corrected chi connectivity index (χ3v) is 4.65. The molecule has 3 atom stereocenters. The van der Waals surface area contributed by atoms with Crippen molar-refractivity contribution >= 4 is 50.7 Å². The number of nitrogens with one attached hydrogen (secondary N) is 2. The van der Waals surface area contributed by atoms with Gasteiger partial charge in [-0.15, -0.1) is 0 Å². The van der Waals surface area contributed by atoms with Crippen LogP contribution in [-0.2, 0) is 14.4 Å². The summed E-state index contributed by atoms with van der Waals surface area (Å²) in [4.78, 5) is 34.4. The van der Waals surface area contributed by atoms with Gasteiger partial charge in [0.15, 0.2) is 18.9 Å². The fraction of sp³-hybridized carbons (Fsp3) is 0.667. The molecule has 96 valence electrons. The Morgan fingerprint density at radius 3 is 2.00 bits per heavy atom. The van der Waals surface area contributed by atoms with Crippen molar-refractivity contribution in [3.8, 4) is 0 Å². The molecule has 0 aliphatic carbocycles. The fourth-order valence-corrected chi connectivity index (χ4v) is 2.14. The second-order valence-electron chi connectivity index (χ2n) is 3.56. The van der Waals surface area contributed by atoms with Crippen molar-refractivity contribution in [2.75, 3.05) is 11.9 Å².